The van der Waals surface area contributed by atoms with Crippen molar-refractivity contribution in [3.8, 4) is 18.2 Å². The molecule has 0 atom stereocenters. The lowest BCUT2D eigenvalue weighted by molar-refractivity contribution is -0.114. The van der Waals surface area contributed by atoms with Gasteiger partial charge in [-0.2, -0.15) is 15.8 Å². The van der Waals surface area contributed by atoms with E-state index in [2.05, 4.69) is 30.3 Å². The van der Waals surface area contributed by atoms with Crippen molar-refractivity contribution in [3.63, 3.8) is 0 Å². The summed E-state index contributed by atoms with van der Waals surface area (Å²) in [6, 6.07) is 11.1. The Hall–Kier alpha value is -4.80. The van der Waals surface area contributed by atoms with Crippen LogP contribution in [0, 0.1) is 34.0 Å². The first-order valence-electron chi connectivity index (χ1n) is 16.1. The molecule has 0 saturated carbocycles. The van der Waals surface area contributed by atoms with Crippen LogP contribution >= 0.6 is 11.3 Å². The summed E-state index contributed by atoms with van der Waals surface area (Å²) >= 11 is 1.49. The molecular weight excluding hydrogens is 627 g/mol. The molecule has 1 aromatic heterocycles. The molecule has 0 radical (unpaired) electrons. The van der Waals surface area contributed by atoms with Gasteiger partial charge in [-0.15, -0.1) is 21.6 Å². The van der Waals surface area contributed by atoms with Gasteiger partial charge in [0.05, 0.1) is 18.9 Å². The van der Waals surface area contributed by atoms with Crippen molar-refractivity contribution in [2.45, 2.75) is 78.7 Å². The minimum atomic E-state index is -0.930. The number of ether oxygens (including phenoxy) is 1. The van der Waals surface area contributed by atoms with Gasteiger partial charge in [-0.3, -0.25) is 4.79 Å². The van der Waals surface area contributed by atoms with Gasteiger partial charge in [-0.1, -0.05) is 32.8 Å². The summed E-state index contributed by atoms with van der Waals surface area (Å²) in [5.74, 6) is -0.271. The molecule has 11 nitrogen and oxygen atoms in total. The Bertz CT molecular complexity index is 1710. The monoisotopic (exact) mass is 669 g/mol. The number of rotatable bonds is 16. The number of unbranched alkanes of at least 4 members (excludes halogenated alkanes) is 2. The van der Waals surface area contributed by atoms with Gasteiger partial charge in [0.25, 0.3) is 0 Å². The van der Waals surface area contributed by atoms with E-state index in [0.717, 1.165) is 54.0 Å². The Morgan fingerprint density at radius 3 is 2.23 bits per heavy atom. The Morgan fingerprint density at radius 2 is 1.67 bits per heavy atom. The summed E-state index contributed by atoms with van der Waals surface area (Å²) in [4.78, 5) is 14.9. The largest absolute Gasteiger partial charge is 0.480 e. The van der Waals surface area contributed by atoms with Crippen molar-refractivity contribution < 1.29 is 19.7 Å². The Kier molecular flexibility index (Phi) is 14.1. The van der Waals surface area contributed by atoms with E-state index >= 15 is 0 Å². The normalized spacial score (nSPS) is 13.8. The second-order valence-corrected chi connectivity index (χ2v) is 12.8. The van der Waals surface area contributed by atoms with Crippen LogP contribution in [-0.2, 0) is 22.4 Å². The second-order valence-electron chi connectivity index (χ2n) is 11.7. The van der Waals surface area contributed by atoms with Crippen LogP contribution in [0.4, 0.5) is 22.1 Å². The fraction of sp³-hybridized carbons (Fsp3) is 0.444. The molecule has 0 fully saturated rings. The van der Waals surface area contributed by atoms with Crippen LogP contribution < -0.4 is 10.2 Å². The average molecular weight is 670 g/mol. The number of aliphatic hydroxyl groups excluding tert-OH is 2. The molecule has 1 aliphatic rings. The standard InChI is InChI=1S/C36H43N7O4S/c1-6-8-10-27-28(11-9-7-2)35(42-41-31-14-12-26(20-32(31)40-24(3)46)43(16-18-44)17-19-45)48-33(27)15-13-30-29(23-39)34(25(21-37)22-38)47-36(30,4)5/h12-15,20,44-45H,6-11,16-19H2,1-5H3,(H,40,46)/b15-13+,42-41?. The number of aliphatic hydroxyl groups is 2. The van der Waals surface area contributed by atoms with Crippen molar-refractivity contribution >= 4 is 45.4 Å². The van der Waals surface area contributed by atoms with E-state index in [0.29, 0.717) is 35.7 Å². The number of thiophene rings is 1. The predicted octanol–water partition coefficient (Wildman–Crippen LogP) is 7.54. The number of carbonyl (C=O) groups excluding carboxylic acids is 1. The number of nitriles is 3. The summed E-state index contributed by atoms with van der Waals surface area (Å²) in [5.41, 5.74) is 3.49. The van der Waals surface area contributed by atoms with E-state index in [1.165, 1.54) is 23.8 Å². The minimum Gasteiger partial charge on any atom is -0.480 e. The highest BCUT2D eigenvalue weighted by atomic mass is 32.1. The predicted molar refractivity (Wildman–Crippen MR) is 188 cm³/mol. The van der Waals surface area contributed by atoms with Gasteiger partial charge in [-0.25, -0.2) is 0 Å². The molecule has 1 aromatic carbocycles. The quantitative estimate of drug-likeness (QED) is 0.121. The highest BCUT2D eigenvalue weighted by Crippen LogP contribution is 2.43. The lowest BCUT2D eigenvalue weighted by Gasteiger charge is -2.23. The Morgan fingerprint density at radius 1 is 1.02 bits per heavy atom. The molecule has 0 saturated heterocycles. The molecule has 12 heteroatoms. The minimum absolute atomic E-state index is 0.000467. The first-order valence-corrected chi connectivity index (χ1v) is 16.9. The SMILES string of the molecule is CCCCc1c(/C=C/C2=C(C#N)C(=C(C#N)C#N)OC2(C)C)sc(N=Nc2ccc(N(CCO)CCO)cc2NC(C)=O)c1CCCC. The van der Waals surface area contributed by atoms with Gasteiger partial charge in [0, 0.05) is 36.2 Å². The van der Waals surface area contributed by atoms with Crippen molar-refractivity contribution in [2.24, 2.45) is 10.2 Å². The molecule has 0 aliphatic carbocycles. The number of nitrogens with one attached hydrogen (secondary N) is 1. The van der Waals surface area contributed by atoms with E-state index in [-0.39, 0.29) is 36.0 Å². The van der Waals surface area contributed by atoms with E-state index in [4.69, 9.17) is 9.85 Å². The number of amides is 1. The van der Waals surface area contributed by atoms with Gasteiger partial charge in [-0.05, 0) is 74.9 Å². The van der Waals surface area contributed by atoms with E-state index in [9.17, 15) is 30.8 Å². The molecule has 2 heterocycles. The van der Waals surface area contributed by atoms with Crippen molar-refractivity contribution in [1.82, 2.24) is 0 Å². The van der Waals surface area contributed by atoms with Crippen LogP contribution in [0.3, 0.4) is 0 Å². The number of carbonyl (C=O) groups is 1. The third kappa shape index (κ3) is 9.17. The number of hydrogen-bond acceptors (Lipinski definition) is 11. The van der Waals surface area contributed by atoms with Crippen LogP contribution in [0.1, 0.15) is 76.3 Å². The first kappa shape index (κ1) is 37.7. The highest BCUT2D eigenvalue weighted by molar-refractivity contribution is 7.17. The fourth-order valence-electron chi connectivity index (χ4n) is 5.41. The molecular formula is C36H43N7O4S. The first-order chi connectivity index (χ1) is 23.1. The summed E-state index contributed by atoms with van der Waals surface area (Å²) in [6.45, 7) is 9.74. The maximum absolute atomic E-state index is 12.1. The van der Waals surface area contributed by atoms with Crippen LogP contribution in [-0.4, -0.2) is 48.0 Å². The third-order valence-electron chi connectivity index (χ3n) is 7.80. The van der Waals surface area contributed by atoms with E-state index in [1.54, 1.807) is 26.0 Å². The van der Waals surface area contributed by atoms with Gasteiger partial charge in [0.1, 0.15) is 40.1 Å². The van der Waals surface area contributed by atoms with Crippen molar-refractivity contribution in [3.05, 3.63) is 62.8 Å². The molecule has 252 valence electrons. The Balaban J connectivity index is 2.16. The number of benzene rings is 1. The molecule has 1 amide bonds. The van der Waals surface area contributed by atoms with Gasteiger partial charge < -0.3 is 25.2 Å². The number of hydrogen-bond donors (Lipinski definition) is 3. The Labute approximate surface area is 286 Å². The average Bonchev–Trinajstić information content (AvgIpc) is 3.52. The second kappa shape index (κ2) is 17.9. The molecule has 1 aliphatic heterocycles. The van der Waals surface area contributed by atoms with Crippen molar-refractivity contribution in [2.75, 3.05) is 36.5 Å². The zero-order valence-corrected chi connectivity index (χ0v) is 29.1. The smallest absolute Gasteiger partial charge is 0.221 e. The lowest BCUT2D eigenvalue weighted by Crippen LogP contribution is -2.29. The summed E-state index contributed by atoms with van der Waals surface area (Å²) in [6.07, 6.45) is 9.37. The van der Waals surface area contributed by atoms with E-state index in [1.807, 2.05) is 35.3 Å². The number of allylic oxidation sites excluding steroid dienone is 2. The molecule has 3 rings (SSSR count). The molecule has 3 N–H and O–H groups in total. The maximum Gasteiger partial charge on any atom is 0.221 e. The third-order valence-corrected chi connectivity index (χ3v) is 8.92. The molecule has 48 heavy (non-hydrogen) atoms. The molecule has 2 aromatic rings. The fourth-order valence-corrected chi connectivity index (χ4v) is 6.53. The lowest BCUT2D eigenvalue weighted by atomic mass is 9.94. The van der Waals surface area contributed by atoms with Gasteiger partial charge >= 0.3 is 0 Å². The van der Waals surface area contributed by atoms with E-state index < -0.39 is 5.60 Å². The summed E-state index contributed by atoms with van der Waals surface area (Å²) in [7, 11) is 0. The topological polar surface area (TPSA) is 178 Å². The summed E-state index contributed by atoms with van der Waals surface area (Å²) < 4.78 is 5.95. The molecule has 0 spiro atoms. The maximum atomic E-state index is 12.1. The number of nitrogens with zero attached hydrogens (tertiary/aromatic N) is 6. The number of azo groups is 1. The van der Waals surface area contributed by atoms with Gasteiger partial charge in [0.15, 0.2) is 11.3 Å². The van der Waals surface area contributed by atoms with Crippen LogP contribution in [0.5, 0.6) is 0 Å². The zero-order chi connectivity index (χ0) is 35.3. The van der Waals surface area contributed by atoms with Crippen molar-refractivity contribution in [1.29, 1.82) is 15.8 Å². The molecule has 0 unspecified atom stereocenters. The molecule has 0 bridgehead atoms. The zero-order valence-electron chi connectivity index (χ0n) is 28.3. The number of anilines is 2. The summed E-state index contributed by atoms with van der Waals surface area (Å²) in [5, 5.41) is 60.8. The van der Waals surface area contributed by atoms with Crippen LogP contribution in [0.15, 0.2) is 57.0 Å². The van der Waals surface area contributed by atoms with Gasteiger partial charge in [0.2, 0.25) is 5.91 Å². The van der Waals surface area contributed by atoms with Crippen LogP contribution in [0.25, 0.3) is 6.08 Å². The van der Waals surface area contributed by atoms with Crippen LogP contribution in [0.2, 0.25) is 0 Å². The highest BCUT2D eigenvalue weighted by Gasteiger charge is 2.38.